The van der Waals surface area contributed by atoms with Crippen molar-refractivity contribution in [1.82, 2.24) is 5.32 Å². The van der Waals surface area contributed by atoms with Gasteiger partial charge >= 0.3 is 0 Å². The van der Waals surface area contributed by atoms with Gasteiger partial charge in [0, 0.05) is 18.0 Å². The van der Waals surface area contributed by atoms with Crippen LogP contribution in [0.25, 0.3) is 0 Å². The van der Waals surface area contributed by atoms with Crippen LogP contribution in [0.4, 0.5) is 0 Å². The fourth-order valence-electron chi connectivity index (χ4n) is 2.40. The maximum atomic E-state index is 5.68. The molecule has 0 bridgehead atoms. The lowest BCUT2D eigenvalue weighted by Crippen LogP contribution is -2.36. The van der Waals surface area contributed by atoms with Gasteiger partial charge in [-0.1, -0.05) is 12.8 Å². The number of ether oxygens (including phenoxy) is 1. The summed E-state index contributed by atoms with van der Waals surface area (Å²) in [5.74, 6) is 0. The second kappa shape index (κ2) is 3.35. The Bertz CT molecular complexity index is 152. The molecule has 2 nitrogen and oxygen atoms in total. The van der Waals surface area contributed by atoms with E-state index in [4.69, 9.17) is 4.74 Å². The van der Waals surface area contributed by atoms with Gasteiger partial charge in [-0.15, -0.1) is 0 Å². The first kappa shape index (κ1) is 8.52. The van der Waals surface area contributed by atoms with Gasteiger partial charge in [-0.25, -0.2) is 0 Å². The van der Waals surface area contributed by atoms with Gasteiger partial charge in [-0.3, -0.25) is 0 Å². The maximum absolute atomic E-state index is 5.68. The molecular weight excluding hydrogens is 150 g/mol. The number of hydrogen-bond acceptors (Lipinski definition) is 2. The van der Waals surface area contributed by atoms with Gasteiger partial charge in [0.05, 0.1) is 13.2 Å². The number of nitrogens with one attached hydrogen (secondary N) is 1. The molecule has 1 saturated carbocycles. The Labute approximate surface area is 74.7 Å². The van der Waals surface area contributed by atoms with E-state index >= 15 is 0 Å². The van der Waals surface area contributed by atoms with E-state index in [1.165, 1.54) is 32.2 Å². The van der Waals surface area contributed by atoms with E-state index in [0.29, 0.717) is 11.5 Å². The summed E-state index contributed by atoms with van der Waals surface area (Å²) in [7, 11) is 0. The summed E-state index contributed by atoms with van der Waals surface area (Å²) in [5, 5.41) is 3.55. The third-order valence-corrected chi connectivity index (χ3v) is 3.27. The van der Waals surface area contributed by atoms with Crippen molar-refractivity contribution in [1.29, 1.82) is 0 Å². The molecule has 1 saturated heterocycles. The minimum Gasteiger partial charge on any atom is -0.379 e. The second-order valence-electron chi connectivity index (χ2n) is 4.50. The minimum atomic E-state index is 0.505. The van der Waals surface area contributed by atoms with Crippen LogP contribution in [0.3, 0.4) is 0 Å². The monoisotopic (exact) mass is 169 g/mol. The van der Waals surface area contributed by atoms with Crippen LogP contribution < -0.4 is 5.32 Å². The van der Waals surface area contributed by atoms with Crippen molar-refractivity contribution in [2.75, 3.05) is 19.8 Å². The lowest BCUT2D eigenvalue weighted by Gasteiger charge is -2.26. The molecule has 1 spiro atoms. The molecule has 2 rings (SSSR count). The fourth-order valence-corrected chi connectivity index (χ4v) is 2.40. The molecule has 0 aromatic carbocycles. The van der Waals surface area contributed by atoms with E-state index in [1.54, 1.807) is 0 Å². The average Bonchev–Trinajstić information content (AvgIpc) is 2.42. The Morgan fingerprint density at radius 2 is 2.08 bits per heavy atom. The topological polar surface area (TPSA) is 21.3 Å². The largest absolute Gasteiger partial charge is 0.379 e. The molecule has 2 heteroatoms. The molecule has 12 heavy (non-hydrogen) atoms. The van der Waals surface area contributed by atoms with E-state index in [9.17, 15) is 0 Å². The quantitative estimate of drug-likeness (QED) is 0.594. The molecule has 1 N–H and O–H groups in total. The van der Waals surface area contributed by atoms with Crippen molar-refractivity contribution in [2.24, 2.45) is 5.41 Å². The van der Waals surface area contributed by atoms with Crippen molar-refractivity contribution in [2.45, 2.75) is 38.6 Å². The zero-order valence-electron chi connectivity index (χ0n) is 7.94. The Morgan fingerprint density at radius 3 is 2.83 bits per heavy atom. The molecule has 0 radical (unpaired) electrons. The lowest BCUT2D eigenvalue weighted by atomic mass is 9.87. The molecule has 2 aliphatic rings. The SMILES string of the molecule is CC1COCC2(CCCC2)CN1. The van der Waals surface area contributed by atoms with Crippen molar-refractivity contribution in [3.63, 3.8) is 0 Å². The standard InChI is InChI=1S/C10H19NO/c1-9-6-12-8-10(7-11-9)4-2-3-5-10/h9,11H,2-8H2,1H3. The van der Waals surface area contributed by atoms with Crippen molar-refractivity contribution in [3.8, 4) is 0 Å². The summed E-state index contributed by atoms with van der Waals surface area (Å²) in [6, 6.07) is 0.546. The maximum Gasteiger partial charge on any atom is 0.0617 e. The van der Waals surface area contributed by atoms with E-state index in [0.717, 1.165) is 13.2 Å². The summed E-state index contributed by atoms with van der Waals surface area (Å²) in [6.07, 6.45) is 5.54. The normalized spacial score (nSPS) is 35.2. The van der Waals surface area contributed by atoms with Crippen LogP contribution in [0.15, 0.2) is 0 Å². The zero-order valence-corrected chi connectivity index (χ0v) is 7.94. The van der Waals surface area contributed by atoms with Gasteiger partial charge in [0.2, 0.25) is 0 Å². The number of rotatable bonds is 0. The second-order valence-corrected chi connectivity index (χ2v) is 4.50. The van der Waals surface area contributed by atoms with Gasteiger partial charge in [0.1, 0.15) is 0 Å². The Hall–Kier alpha value is -0.0800. The fraction of sp³-hybridized carbons (Fsp3) is 1.00. The molecule has 1 aliphatic heterocycles. The smallest absolute Gasteiger partial charge is 0.0617 e. The zero-order chi connectivity index (χ0) is 8.44. The molecule has 0 amide bonds. The van der Waals surface area contributed by atoms with Crippen LogP contribution in [-0.4, -0.2) is 25.8 Å². The molecular formula is C10H19NO. The summed E-state index contributed by atoms with van der Waals surface area (Å²) < 4.78 is 5.68. The van der Waals surface area contributed by atoms with E-state index < -0.39 is 0 Å². The predicted molar refractivity (Wildman–Crippen MR) is 49.2 cm³/mol. The third kappa shape index (κ3) is 1.64. The van der Waals surface area contributed by atoms with Gasteiger partial charge < -0.3 is 10.1 Å². The first-order valence-corrected chi connectivity index (χ1v) is 5.12. The van der Waals surface area contributed by atoms with E-state index in [2.05, 4.69) is 12.2 Å². The highest BCUT2D eigenvalue weighted by Crippen LogP contribution is 2.38. The van der Waals surface area contributed by atoms with Gasteiger partial charge in [-0.2, -0.15) is 0 Å². The molecule has 1 heterocycles. The molecule has 0 aromatic heterocycles. The Kier molecular flexibility index (Phi) is 2.37. The summed E-state index contributed by atoms with van der Waals surface area (Å²) >= 11 is 0. The summed E-state index contributed by atoms with van der Waals surface area (Å²) in [5.41, 5.74) is 0.505. The van der Waals surface area contributed by atoms with Crippen LogP contribution in [0, 0.1) is 5.41 Å². The van der Waals surface area contributed by atoms with Gasteiger partial charge in [-0.05, 0) is 19.8 Å². The average molecular weight is 169 g/mol. The van der Waals surface area contributed by atoms with Crippen molar-refractivity contribution >= 4 is 0 Å². The van der Waals surface area contributed by atoms with Crippen LogP contribution >= 0.6 is 0 Å². The highest BCUT2D eigenvalue weighted by atomic mass is 16.5. The van der Waals surface area contributed by atoms with Crippen LogP contribution in [0.5, 0.6) is 0 Å². The molecule has 1 unspecified atom stereocenters. The molecule has 2 fully saturated rings. The minimum absolute atomic E-state index is 0.505. The van der Waals surface area contributed by atoms with Crippen molar-refractivity contribution < 1.29 is 4.74 Å². The Balaban J connectivity index is 1.97. The molecule has 1 aliphatic carbocycles. The highest BCUT2D eigenvalue weighted by molar-refractivity contribution is 4.88. The third-order valence-electron chi connectivity index (χ3n) is 3.27. The molecule has 0 aromatic rings. The Morgan fingerprint density at radius 1 is 1.33 bits per heavy atom. The predicted octanol–water partition coefficient (Wildman–Crippen LogP) is 1.56. The van der Waals surface area contributed by atoms with Crippen molar-refractivity contribution in [3.05, 3.63) is 0 Å². The first-order valence-electron chi connectivity index (χ1n) is 5.12. The number of hydrogen-bond donors (Lipinski definition) is 1. The van der Waals surface area contributed by atoms with E-state index in [-0.39, 0.29) is 0 Å². The van der Waals surface area contributed by atoms with Gasteiger partial charge in [0.25, 0.3) is 0 Å². The first-order chi connectivity index (χ1) is 5.81. The van der Waals surface area contributed by atoms with Crippen LogP contribution in [-0.2, 0) is 4.74 Å². The highest BCUT2D eigenvalue weighted by Gasteiger charge is 2.35. The summed E-state index contributed by atoms with van der Waals surface area (Å²) in [4.78, 5) is 0. The van der Waals surface area contributed by atoms with E-state index in [1.807, 2.05) is 0 Å². The molecule has 70 valence electrons. The van der Waals surface area contributed by atoms with Crippen LogP contribution in [0.1, 0.15) is 32.6 Å². The lowest BCUT2D eigenvalue weighted by molar-refractivity contribution is 0.0671. The molecule has 1 atom stereocenters. The van der Waals surface area contributed by atoms with Crippen LogP contribution in [0.2, 0.25) is 0 Å². The van der Waals surface area contributed by atoms with Gasteiger partial charge in [0.15, 0.2) is 0 Å². The summed E-state index contributed by atoms with van der Waals surface area (Å²) in [6.45, 7) is 5.26.